The predicted octanol–water partition coefficient (Wildman–Crippen LogP) is 1.47. The Bertz CT molecular complexity index is 467. The minimum atomic E-state index is -0.870. The van der Waals surface area contributed by atoms with E-state index in [1.54, 1.807) is 6.07 Å². The van der Waals surface area contributed by atoms with Crippen molar-refractivity contribution in [3.8, 4) is 0 Å². The van der Waals surface area contributed by atoms with Gasteiger partial charge in [0, 0.05) is 6.20 Å². The van der Waals surface area contributed by atoms with Gasteiger partial charge in [0.1, 0.15) is 5.82 Å². The highest BCUT2D eigenvalue weighted by Gasteiger charge is 2.19. The second-order valence-electron chi connectivity index (χ2n) is 3.17. The van der Waals surface area contributed by atoms with Gasteiger partial charge in [-0.2, -0.15) is 0 Å². The maximum atomic E-state index is 13.3. The summed E-state index contributed by atoms with van der Waals surface area (Å²) in [6, 6.07) is 5.82. The second kappa shape index (κ2) is 6.39. The Morgan fingerprint density at radius 1 is 1.17 bits per heavy atom. The number of carbonyl (C=O) groups is 2. The zero-order chi connectivity index (χ0) is 13.5. The van der Waals surface area contributed by atoms with Gasteiger partial charge in [0.15, 0.2) is 5.57 Å². The van der Waals surface area contributed by atoms with Crippen LogP contribution >= 0.6 is 0 Å². The van der Waals surface area contributed by atoms with E-state index in [9.17, 15) is 14.0 Å². The molecule has 1 aromatic carbocycles. The number of methoxy groups -OCH3 is 2. The van der Waals surface area contributed by atoms with E-state index in [4.69, 9.17) is 0 Å². The topological polar surface area (TPSA) is 64.6 Å². The first-order chi connectivity index (χ1) is 8.60. The Balaban J connectivity index is 2.94. The molecule has 0 spiro atoms. The Morgan fingerprint density at radius 3 is 2.22 bits per heavy atom. The third-order valence-corrected chi connectivity index (χ3v) is 2.06. The number of carbonyl (C=O) groups excluding carboxylic acids is 2. The SMILES string of the molecule is COC(=O)C(=CNc1ccccc1F)C(=O)OC. The Morgan fingerprint density at radius 2 is 1.72 bits per heavy atom. The first kappa shape index (κ1) is 13.7. The lowest BCUT2D eigenvalue weighted by molar-refractivity contribution is -0.144. The molecule has 96 valence electrons. The minimum Gasteiger partial charge on any atom is -0.465 e. The largest absolute Gasteiger partial charge is 0.465 e. The average Bonchev–Trinajstić information content (AvgIpc) is 2.40. The van der Waals surface area contributed by atoms with Crippen molar-refractivity contribution in [3.63, 3.8) is 0 Å². The van der Waals surface area contributed by atoms with Crippen LogP contribution in [0, 0.1) is 5.82 Å². The number of hydrogen-bond donors (Lipinski definition) is 1. The van der Waals surface area contributed by atoms with Crippen LogP contribution in [-0.4, -0.2) is 26.2 Å². The van der Waals surface area contributed by atoms with Gasteiger partial charge in [0.05, 0.1) is 19.9 Å². The summed E-state index contributed by atoms with van der Waals surface area (Å²) in [5, 5.41) is 2.50. The van der Waals surface area contributed by atoms with Crippen LogP contribution in [-0.2, 0) is 19.1 Å². The van der Waals surface area contributed by atoms with Crippen LogP contribution in [0.1, 0.15) is 0 Å². The molecule has 0 bridgehead atoms. The summed E-state index contributed by atoms with van der Waals surface area (Å²) in [6.07, 6.45) is 1.04. The first-order valence-corrected chi connectivity index (χ1v) is 4.98. The van der Waals surface area contributed by atoms with E-state index >= 15 is 0 Å². The summed E-state index contributed by atoms with van der Waals surface area (Å²) in [5.74, 6) is -2.25. The van der Waals surface area contributed by atoms with Gasteiger partial charge in [-0.05, 0) is 12.1 Å². The molecule has 0 radical (unpaired) electrons. The van der Waals surface area contributed by atoms with Gasteiger partial charge in [-0.1, -0.05) is 12.1 Å². The van der Waals surface area contributed by atoms with E-state index in [0.717, 1.165) is 20.4 Å². The minimum absolute atomic E-state index is 0.128. The van der Waals surface area contributed by atoms with Crippen LogP contribution < -0.4 is 5.32 Å². The second-order valence-corrected chi connectivity index (χ2v) is 3.17. The lowest BCUT2D eigenvalue weighted by Crippen LogP contribution is -2.17. The Kier molecular flexibility index (Phi) is 4.86. The fraction of sp³-hybridized carbons (Fsp3) is 0.167. The van der Waals surface area contributed by atoms with E-state index in [-0.39, 0.29) is 11.3 Å². The summed E-state index contributed by atoms with van der Waals surface area (Å²) in [5.41, 5.74) is -0.231. The smallest absolute Gasteiger partial charge is 0.346 e. The number of hydrogen-bond acceptors (Lipinski definition) is 5. The fourth-order valence-electron chi connectivity index (χ4n) is 1.15. The van der Waals surface area contributed by atoms with Crippen LogP contribution in [0.4, 0.5) is 10.1 Å². The molecule has 0 heterocycles. The highest BCUT2D eigenvalue weighted by molar-refractivity contribution is 6.14. The lowest BCUT2D eigenvalue weighted by Gasteiger charge is -2.05. The van der Waals surface area contributed by atoms with Gasteiger partial charge >= 0.3 is 11.9 Å². The van der Waals surface area contributed by atoms with Crippen molar-refractivity contribution in [2.75, 3.05) is 19.5 Å². The number of nitrogens with one attached hydrogen (secondary N) is 1. The zero-order valence-corrected chi connectivity index (χ0v) is 9.90. The molecule has 0 aliphatic rings. The molecule has 0 aromatic heterocycles. The number of ether oxygens (including phenoxy) is 2. The molecule has 0 atom stereocenters. The summed E-state index contributed by atoms with van der Waals surface area (Å²) in [6.45, 7) is 0. The molecular formula is C12H12FNO4. The third kappa shape index (κ3) is 3.31. The lowest BCUT2D eigenvalue weighted by atomic mass is 10.2. The molecule has 0 aliphatic carbocycles. The van der Waals surface area contributed by atoms with Gasteiger partial charge in [0.2, 0.25) is 0 Å². The molecule has 1 aromatic rings. The van der Waals surface area contributed by atoms with Crippen molar-refractivity contribution in [2.24, 2.45) is 0 Å². The number of esters is 2. The molecule has 0 aliphatic heterocycles. The van der Waals surface area contributed by atoms with E-state index in [2.05, 4.69) is 14.8 Å². The van der Waals surface area contributed by atoms with Crippen LogP contribution in [0.3, 0.4) is 0 Å². The van der Waals surface area contributed by atoms with E-state index in [1.807, 2.05) is 0 Å². The van der Waals surface area contributed by atoms with Gasteiger partial charge in [0.25, 0.3) is 0 Å². The fourth-order valence-corrected chi connectivity index (χ4v) is 1.15. The number of para-hydroxylation sites is 1. The summed E-state index contributed by atoms with van der Waals surface area (Å²) in [4.78, 5) is 22.6. The highest BCUT2D eigenvalue weighted by atomic mass is 19.1. The number of anilines is 1. The standard InChI is InChI=1S/C12H12FNO4/c1-17-11(15)8(12(16)18-2)7-14-10-6-4-3-5-9(10)13/h3-7,14H,1-2H3. The normalized spacial score (nSPS) is 9.28. The highest BCUT2D eigenvalue weighted by Crippen LogP contribution is 2.13. The van der Waals surface area contributed by atoms with Crippen molar-refractivity contribution in [3.05, 3.63) is 41.9 Å². The van der Waals surface area contributed by atoms with Crippen molar-refractivity contribution in [1.82, 2.24) is 0 Å². The Hall–Kier alpha value is -2.37. The van der Waals surface area contributed by atoms with Gasteiger partial charge in [-0.25, -0.2) is 14.0 Å². The van der Waals surface area contributed by atoms with Crippen LogP contribution in [0.2, 0.25) is 0 Å². The quantitative estimate of drug-likeness (QED) is 0.381. The Labute approximate surface area is 103 Å². The predicted molar refractivity (Wildman–Crippen MR) is 62.1 cm³/mol. The van der Waals surface area contributed by atoms with E-state index in [0.29, 0.717) is 0 Å². The molecule has 18 heavy (non-hydrogen) atoms. The van der Waals surface area contributed by atoms with Crippen LogP contribution in [0.25, 0.3) is 0 Å². The molecule has 0 saturated carbocycles. The van der Waals surface area contributed by atoms with Crippen LogP contribution in [0.5, 0.6) is 0 Å². The molecule has 0 amide bonds. The monoisotopic (exact) mass is 253 g/mol. The summed E-state index contributed by atoms with van der Waals surface area (Å²) < 4.78 is 22.1. The van der Waals surface area contributed by atoms with E-state index in [1.165, 1.54) is 18.2 Å². The van der Waals surface area contributed by atoms with Crippen molar-refractivity contribution >= 4 is 17.6 Å². The molecule has 0 unspecified atom stereocenters. The van der Waals surface area contributed by atoms with Gasteiger partial charge in [-0.15, -0.1) is 0 Å². The van der Waals surface area contributed by atoms with Crippen LogP contribution in [0.15, 0.2) is 36.0 Å². The first-order valence-electron chi connectivity index (χ1n) is 4.98. The zero-order valence-electron chi connectivity index (χ0n) is 9.90. The average molecular weight is 253 g/mol. The molecule has 1 N–H and O–H groups in total. The van der Waals surface area contributed by atoms with Crippen molar-refractivity contribution in [1.29, 1.82) is 0 Å². The molecule has 5 nitrogen and oxygen atoms in total. The summed E-state index contributed by atoms with van der Waals surface area (Å²) >= 11 is 0. The molecule has 6 heteroatoms. The molecule has 1 rings (SSSR count). The van der Waals surface area contributed by atoms with Gasteiger partial charge < -0.3 is 14.8 Å². The number of benzene rings is 1. The van der Waals surface area contributed by atoms with E-state index < -0.39 is 17.8 Å². The molecule has 0 fully saturated rings. The molecular weight excluding hydrogens is 241 g/mol. The summed E-state index contributed by atoms with van der Waals surface area (Å²) in [7, 11) is 2.25. The number of rotatable bonds is 4. The van der Waals surface area contributed by atoms with Crippen molar-refractivity contribution < 1.29 is 23.5 Å². The van der Waals surface area contributed by atoms with Crippen molar-refractivity contribution in [2.45, 2.75) is 0 Å². The maximum Gasteiger partial charge on any atom is 0.346 e. The van der Waals surface area contributed by atoms with Gasteiger partial charge in [-0.3, -0.25) is 0 Å². The maximum absolute atomic E-state index is 13.3. The number of halogens is 1. The molecule has 0 saturated heterocycles. The third-order valence-electron chi connectivity index (χ3n) is 2.06.